The van der Waals surface area contributed by atoms with Gasteiger partial charge >= 0.3 is 0 Å². The summed E-state index contributed by atoms with van der Waals surface area (Å²) < 4.78 is 7.81. The van der Waals surface area contributed by atoms with E-state index in [9.17, 15) is 5.11 Å². The zero-order chi connectivity index (χ0) is 19.9. The third-order valence-electron chi connectivity index (χ3n) is 5.56. The van der Waals surface area contributed by atoms with Gasteiger partial charge in [-0.25, -0.2) is 0 Å². The predicted molar refractivity (Wildman–Crippen MR) is 111 cm³/mol. The SMILES string of the molecule is CCOc1ccccc1CN1CCN(Cc2cn(CC)nc2C)CC1CCO. The number of benzene rings is 1. The van der Waals surface area contributed by atoms with E-state index < -0.39 is 0 Å². The predicted octanol–water partition coefficient (Wildman–Crippen LogP) is 2.68. The first kappa shape index (κ1) is 20.8. The van der Waals surface area contributed by atoms with Crippen LogP contribution < -0.4 is 4.74 Å². The molecule has 6 heteroatoms. The van der Waals surface area contributed by atoms with Crippen molar-refractivity contribution in [2.45, 2.75) is 52.9 Å². The van der Waals surface area contributed by atoms with Crippen LogP contribution in [0.2, 0.25) is 0 Å². The molecular formula is C22H34N4O2. The number of hydrogen-bond acceptors (Lipinski definition) is 5. The molecule has 1 aliphatic rings. The maximum atomic E-state index is 9.61. The second kappa shape index (κ2) is 10.0. The highest BCUT2D eigenvalue weighted by atomic mass is 16.5. The average molecular weight is 387 g/mol. The van der Waals surface area contributed by atoms with Gasteiger partial charge in [0.1, 0.15) is 5.75 Å². The van der Waals surface area contributed by atoms with Gasteiger partial charge in [0.15, 0.2) is 0 Å². The molecule has 1 aromatic heterocycles. The van der Waals surface area contributed by atoms with Crippen LogP contribution in [0.4, 0.5) is 0 Å². The molecule has 1 unspecified atom stereocenters. The fourth-order valence-corrected chi connectivity index (χ4v) is 4.00. The molecule has 154 valence electrons. The Morgan fingerprint density at radius 2 is 1.96 bits per heavy atom. The third kappa shape index (κ3) is 5.13. The Hall–Kier alpha value is -1.89. The fraction of sp³-hybridized carbons (Fsp3) is 0.591. The Kier molecular flexibility index (Phi) is 7.48. The van der Waals surface area contributed by atoms with E-state index >= 15 is 0 Å². The van der Waals surface area contributed by atoms with E-state index in [2.05, 4.69) is 47.1 Å². The van der Waals surface area contributed by atoms with Crippen molar-refractivity contribution in [2.75, 3.05) is 32.8 Å². The molecule has 3 rings (SSSR count). The van der Waals surface area contributed by atoms with E-state index in [-0.39, 0.29) is 6.61 Å². The summed E-state index contributed by atoms with van der Waals surface area (Å²) in [6.45, 7) is 12.8. The summed E-state index contributed by atoms with van der Waals surface area (Å²) in [5, 5.41) is 14.2. The van der Waals surface area contributed by atoms with Crippen molar-refractivity contribution in [1.29, 1.82) is 0 Å². The molecular weight excluding hydrogens is 352 g/mol. The number of rotatable bonds is 9. The van der Waals surface area contributed by atoms with Gasteiger partial charge in [0.25, 0.3) is 0 Å². The number of para-hydroxylation sites is 1. The Labute approximate surface area is 168 Å². The highest BCUT2D eigenvalue weighted by Gasteiger charge is 2.27. The van der Waals surface area contributed by atoms with Crippen molar-refractivity contribution < 1.29 is 9.84 Å². The summed E-state index contributed by atoms with van der Waals surface area (Å²) in [7, 11) is 0. The van der Waals surface area contributed by atoms with Crippen LogP contribution in [0.3, 0.4) is 0 Å². The lowest BCUT2D eigenvalue weighted by molar-refractivity contribution is 0.0493. The van der Waals surface area contributed by atoms with Gasteiger partial charge in [-0.2, -0.15) is 5.10 Å². The molecule has 0 bridgehead atoms. The fourth-order valence-electron chi connectivity index (χ4n) is 4.00. The second-order valence-electron chi connectivity index (χ2n) is 7.51. The van der Waals surface area contributed by atoms with Crippen molar-refractivity contribution in [3.63, 3.8) is 0 Å². The van der Waals surface area contributed by atoms with Crippen molar-refractivity contribution in [1.82, 2.24) is 19.6 Å². The maximum absolute atomic E-state index is 9.61. The molecule has 0 amide bonds. The van der Waals surface area contributed by atoms with Gasteiger partial charge in [-0.15, -0.1) is 0 Å². The Morgan fingerprint density at radius 3 is 2.68 bits per heavy atom. The topological polar surface area (TPSA) is 53.8 Å². The summed E-state index contributed by atoms with van der Waals surface area (Å²) in [4.78, 5) is 4.99. The lowest BCUT2D eigenvalue weighted by atomic mass is 10.1. The summed E-state index contributed by atoms with van der Waals surface area (Å²) >= 11 is 0. The van der Waals surface area contributed by atoms with E-state index in [0.717, 1.165) is 57.1 Å². The maximum Gasteiger partial charge on any atom is 0.123 e. The van der Waals surface area contributed by atoms with Crippen LogP contribution in [0.1, 0.15) is 37.1 Å². The number of aliphatic hydroxyl groups is 1. The molecule has 0 aliphatic carbocycles. The summed E-state index contributed by atoms with van der Waals surface area (Å²) in [6.07, 6.45) is 2.96. The average Bonchev–Trinajstić information content (AvgIpc) is 3.05. The highest BCUT2D eigenvalue weighted by Crippen LogP contribution is 2.24. The van der Waals surface area contributed by atoms with Crippen molar-refractivity contribution in [3.8, 4) is 5.75 Å². The van der Waals surface area contributed by atoms with Crippen LogP contribution in [0.5, 0.6) is 5.75 Å². The van der Waals surface area contributed by atoms with Gasteiger partial charge in [0.05, 0.1) is 12.3 Å². The molecule has 1 aromatic carbocycles. The van der Waals surface area contributed by atoms with E-state index in [1.54, 1.807) is 0 Å². The summed E-state index contributed by atoms with van der Waals surface area (Å²) in [5.41, 5.74) is 3.65. The van der Waals surface area contributed by atoms with Crippen LogP contribution >= 0.6 is 0 Å². The van der Waals surface area contributed by atoms with Gasteiger partial charge in [0, 0.05) is 69.2 Å². The molecule has 1 atom stereocenters. The number of hydrogen-bond donors (Lipinski definition) is 1. The van der Waals surface area contributed by atoms with Gasteiger partial charge in [-0.1, -0.05) is 18.2 Å². The minimum absolute atomic E-state index is 0.217. The van der Waals surface area contributed by atoms with Crippen LogP contribution in [0.15, 0.2) is 30.5 Å². The van der Waals surface area contributed by atoms with Crippen molar-refractivity contribution >= 4 is 0 Å². The van der Waals surface area contributed by atoms with Crippen LogP contribution in [-0.4, -0.2) is 63.6 Å². The molecule has 1 fully saturated rings. The summed E-state index contributed by atoms with van der Waals surface area (Å²) in [5.74, 6) is 0.970. The molecule has 0 spiro atoms. The first-order chi connectivity index (χ1) is 13.6. The molecule has 1 N–H and O–H groups in total. The van der Waals surface area contributed by atoms with Gasteiger partial charge < -0.3 is 9.84 Å². The van der Waals surface area contributed by atoms with Crippen LogP contribution in [-0.2, 0) is 19.6 Å². The second-order valence-corrected chi connectivity index (χ2v) is 7.51. The van der Waals surface area contributed by atoms with Gasteiger partial charge in [-0.3, -0.25) is 14.5 Å². The third-order valence-corrected chi connectivity index (χ3v) is 5.56. The zero-order valence-electron chi connectivity index (χ0n) is 17.5. The minimum atomic E-state index is 0.217. The largest absolute Gasteiger partial charge is 0.494 e. The lowest BCUT2D eigenvalue weighted by Gasteiger charge is -2.41. The van der Waals surface area contributed by atoms with Crippen molar-refractivity contribution in [3.05, 3.63) is 47.3 Å². The smallest absolute Gasteiger partial charge is 0.123 e. The molecule has 1 aliphatic heterocycles. The number of aromatic nitrogens is 2. The minimum Gasteiger partial charge on any atom is -0.494 e. The van der Waals surface area contributed by atoms with Crippen LogP contribution in [0, 0.1) is 6.92 Å². The zero-order valence-corrected chi connectivity index (χ0v) is 17.5. The number of ether oxygens (including phenoxy) is 1. The molecule has 6 nitrogen and oxygen atoms in total. The van der Waals surface area contributed by atoms with Crippen molar-refractivity contribution in [2.24, 2.45) is 0 Å². The molecule has 2 heterocycles. The highest BCUT2D eigenvalue weighted by molar-refractivity contribution is 5.33. The van der Waals surface area contributed by atoms with Crippen LogP contribution in [0.25, 0.3) is 0 Å². The van der Waals surface area contributed by atoms with E-state index in [1.165, 1.54) is 11.1 Å². The number of aliphatic hydroxyl groups excluding tert-OH is 1. The lowest BCUT2D eigenvalue weighted by Crippen LogP contribution is -2.52. The number of piperazine rings is 1. The quantitative estimate of drug-likeness (QED) is 0.718. The number of aryl methyl sites for hydroxylation is 2. The normalized spacial score (nSPS) is 18.5. The molecule has 2 aromatic rings. The Balaban J connectivity index is 1.66. The standard InChI is InChI=1S/C22H34N4O2/c1-4-26-16-20(18(3)23-26)14-24-11-12-25(21(17-24)10-13-27)15-19-8-6-7-9-22(19)28-5-2/h6-9,16,21,27H,4-5,10-15,17H2,1-3H3. The van der Waals surface area contributed by atoms with E-state index in [1.807, 2.05) is 23.7 Å². The number of nitrogens with zero attached hydrogens (tertiary/aromatic N) is 4. The Bertz CT molecular complexity index is 746. The van der Waals surface area contributed by atoms with E-state index in [0.29, 0.717) is 12.6 Å². The first-order valence-corrected chi connectivity index (χ1v) is 10.5. The van der Waals surface area contributed by atoms with Gasteiger partial charge in [-0.05, 0) is 33.3 Å². The van der Waals surface area contributed by atoms with Gasteiger partial charge in [0.2, 0.25) is 0 Å². The first-order valence-electron chi connectivity index (χ1n) is 10.5. The molecule has 0 saturated carbocycles. The molecule has 0 radical (unpaired) electrons. The molecule has 1 saturated heterocycles. The Morgan fingerprint density at radius 1 is 1.14 bits per heavy atom. The summed E-state index contributed by atoms with van der Waals surface area (Å²) in [6, 6.07) is 8.63. The van der Waals surface area contributed by atoms with E-state index in [4.69, 9.17) is 4.74 Å². The monoisotopic (exact) mass is 386 g/mol. The molecule has 28 heavy (non-hydrogen) atoms.